The number of nitrogens with zero attached hydrogens (tertiary/aromatic N) is 2. The molecule has 6 nitrogen and oxygen atoms in total. The zero-order chi connectivity index (χ0) is 15.3. The second-order valence-corrected chi connectivity index (χ2v) is 6.11. The molecule has 110 valence electrons. The van der Waals surface area contributed by atoms with Gasteiger partial charge in [0.05, 0.1) is 11.2 Å². The van der Waals surface area contributed by atoms with E-state index in [9.17, 15) is 0 Å². The first-order chi connectivity index (χ1) is 9.78. The van der Waals surface area contributed by atoms with Crippen molar-refractivity contribution in [3.8, 4) is 17.5 Å². The summed E-state index contributed by atoms with van der Waals surface area (Å²) in [5.41, 5.74) is 0.910. The molecule has 7 heteroatoms. The van der Waals surface area contributed by atoms with Gasteiger partial charge in [-0.15, -0.1) is 0 Å². The third kappa shape index (κ3) is 2.43. The average Bonchev–Trinajstić information content (AvgIpc) is 2.92. The second-order valence-electron chi connectivity index (χ2n) is 6.11. The third-order valence-corrected chi connectivity index (χ3v) is 4.10. The van der Waals surface area contributed by atoms with E-state index in [0.29, 0.717) is 0 Å². The smallest absolute Gasteiger partial charge is 0.477 e. The van der Waals surface area contributed by atoms with E-state index >= 15 is 0 Å². The maximum atomic E-state index is 9.10. The summed E-state index contributed by atoms with van der Waals surface area (Å²) in [6, 6.07) is 7.05. The van der Waals surface area contributed by atoms with Crippen molar-refractivity contribution in [2.75, 3.05) is 0 Å². The highest BCUT2D eigenvalue weighted by Crippen LogP contribution is 2.36. The summed E-state index contributed by atoms with van der Waals surface area (Å²) in [5.74, 6) is 0.271. The molecule has 0 atom stereocenters. The van der Waals surface area contributed by atoms with Crippen LogP contribution in [0.25, 0.3) is 11.5 Å². The Morgan fingerprint density at radius 3 is 2.05 bits per heavy atom. The van der Waals surface area contributed by atoms with Crippen LogP contribution in [-0.4, -0.2) is 33.6 Å². The highest BCUT2D eigenvalue weighted by Gasteiger charge is 2.51. The number of hydrogen-bond acceptors (Lipinski definition) is 6. The Bertz CT molecular complexity index is 635. The van der Waals surface area contributed by atoms with Crippen LogP contribution in [0.1, 0.15) is 27.7 Å². The van der Waals surface area contributed by atoms with E-state index in [2.05, 4.69) is 10.1 Å². The van der Waals surface area contributed by atoms with Crippen molar-refractivity contribution in [2.45, 2.75) is 38.9 Å². The van der Waals surface area contributed by atoms with Gasteiger partial charge in [0.2, 0.25) is 0 Å². The molecule has 2 aromatic rings. The van der Waals surface area contributed by atoms with Gasteiger partial charge in [0.1, 0.15) is 0 Å². The van der Waals surface area contributed by atoms with E-state index in [-0.39, 0.29) is 23.1 Å². The maximum absolute atomic E-state index is 9.10. The monoisotopic (exact) mass is 288 g/mol. The largest absolute Gasteiger partial charge is 0.494 e. The Morgan fingerprint density at radius 1 is 1.00 bits per heavy atom. The number of aromatic nitrogens is 2. The van der Waals surface area contributed by atoms with Crippen LogP contribution < -0.4 is 5.46 Å². The zero-order valence-electron chi connectivity index (χ0n) is 12.5. The van der Waals surface area contributed by atoms with Gasteiger partial charge in [0.15, 0.2) is 0 Å². The van der Waals surface area contributed by atoms with Gasteiger partial charge in [-0.05, 0) is 50.4 Å². The molecule has 1 aromatic heterocycles. The molecule has 0 aliphatic carbocycles. The first-order valence-electron chi connectivity index (χ1n) is 6.77. The van der Waals surface area contributed by atoms with E-state index in [1.165, 1.54) is 0 Å². The molecule has 1 aromatic carbocycles. The Kier molecular flexibility index (Phi) is 3.07. The number of benzene rings is 1. The predicted molar refractivity (Wildman–Crippen MR) is 77.1 cm³/mol. The summed E-state index contributed by atoms with van der Waals surface area (Å²) in [6.07, 6.45) is 0. The summed E-state index contributed by atoms with van der Waals surface area (Å²) in [4.78, 5) is 3.77. The van der Waals surface area contributed by atoms with Crippen LogP contribution in [0.5, 0.6) is 6.01 Å². The van der Waals surface area contributed by atoms with Gasteiger partial charge in [0, 0.05) is 5.56 Å². The normalized spacial score (nSPS) is 19.9. The molecule has 0 saturated carbocycles. The van der Waals surface area contributed by atoms with E-state index in [1.807, 2.05) is 52.0 Å². The molecule has 0 bridgehead atoms. The molecular weight excluding hydrogens is 271 g/mol. The molecule has 0 unspecified atom stereocenters. The molecule has 1 aliphatic rings. The van der Waals surface area contributed by atoms with Crippen LogP contribution in [0.2, 0.25) is 0 Å². The van der Waals surface area contributed by atoms with Crippen LogP contribution in [0, 0.1) is 0 Å². The lowest BCUT2D eigenvalue weighted by Gasteiger charge is -2.32. The SMILES string of the molecule is CC1(C)OB(c2ccc(-c3nc(O)no3)cc2)OC1(C)C. The first kappa shape index (κ1) is 14.1. The van der Waals surface area contributed by atoms with E-state index in [4.69, 9.17) is 18.9 Å². The van der Waals surface area contributed by atoms with E-state index in [1.54, 1.807) is 0 Å². The van der Waals surface area contributed by atoms with Crippen molar-refractivity contribution >= 4 is 12.6 Å². The lowest BCUT2D eigenvalue weighted by Crippen LogP contribution is -2.41. The molecule has 1 aliphatic heterocycles. The Balaban J connectivity index is 1.83. The van der Waals surface area contributed by atoms with Crippen molar-refractivity contribution in [1.29, 1.82) is 0 Å². The molecule has 2 heterocycles. The Hall–Kier alpha value is -1.86. The van der Waals surface area contributed by atoms with Crippen molar-refractivity contribution < 1.29 is 18.9 Å². The lowest BCUT2D eigenvalue weighted by atomic mass is 9.79. The highest BCUT2D eigenvalue weighted by atomic mass is 16.7. The van der Waals surface area contributed by atoms with Crippen molar-refractivity contribution in [1.82, 2.24) is 10.1 Å². The Labute approximate surface area is 123 Å². The third-order valence-electron chi connectivity index (χ3n) is 4.10. The highest BCUT2D eigenvalue weighted by molar-refractivity contribution is 6.62. The number of rotatable bonds is 2. The lowest BCUT2D eigenvalue weighted by molar-refractivity contribution is 0.00578. The fourth-order valence-corrected chi connectivity index (χ4v) is 2.09. The molecular formula is C14H17BN2O4. The predicted octanol–water partition coefficient (Wildman–Crippen LogP) is 1.74. The first-order valence-corrected chi connectivity index (χ1v) is 6.77. The molecule has 0 radical (unpaired) electrons. The molecule has 3 rings (SSSR count). The topological polar surface area (TPSA) is 77.6 Å². The summed E-state index contributed by atoms with van der Waals surface area (Å²) >= 11 is 0. The van der Waals surface area contributed by atoms with Crippen LogP contribution in [0.4, 0.5) is 0 Å². The van der Waals surface area contributed by atoms with Crippen LogP contribution in [-0.2, 0) is 9.31 Å². The molecule has 1 N–H and O–H groups in total. The Morgan fingerprint density at radius 2 is 1.57 bits per heavy atom. The van der Waals surface area contributed by atoms with Gasteiger partial charge in [-0.2, -0.15) is 4.98 Å². The number of hydrogen-bond donors (Lipinski definition) is 1. The van der Waals surface area contributed by atoms with Crippen molar-refractivity contribution in [2.24, 2.45) is 0 Å². The van der Waals surface area contributed by atoms with E-state index in [0.717, 1.165) is 11.0 Å². The van der Waals surface area contributed by atoms with Gasteiger partial charge < -0.3 is 18.9 Å². The maximum Gasteiger partial charge on any atom is 0.494 e. The second kappa shape index (κ2) is 4.57. The fourth-order valence-electron chi connectivity index (χ4n) is 2.09. The number of aromatic hydroxyl groups is 1. The van der Waals surface area contributed by atoms with Gasteiger partial charge in [-0.1, -0.05) is 12.1 Å². The van der Waals surface area contributed by atoms with Gasteiger partial charge >= 0.3 is 13.1 Å². The van der Waals surface area contributed by atoms with Crippen LogP contribution in [0.3, 0.4) is 0 Å². The molecule has 1 saturated heterocycles. The minimum absolute atomic E-state index is 0.271. The standard InChI is InChI=1S/C14H17BN2O4/c1-13(2)14(3,4)21-15(20-13)10-7-5-9(6-8-10)11-16-12(18)17-19-11/h5-8H,1-4H3,(H,17,18). The minimum Gasteiger partial charge on any atom is -0.477 e. The summed E-state index contributed by atoms with van der Waals surface area (Å²) < 4.78 is 16.9. The molecule has 0 spiro atoms. The van der Waals surface area contributed by atoms with Gasteiger partial charge in [0.25, 0.3) is 5.89 Å². The van der Waals surface area contributed by atoms with Crippen molar-refractivity contribution in [3.63, 3.8) is 0 Å². The summed E-state index contributed by atoms with van der Waals surface area (Å²) in [7, 11) is -0.403. The quantitative estimate of drug-likeness (QED) is 0.848. The molecule has 21 heavy (non-hydrogen) atoms. The summed E-state index contributed by atoms with van der Waals surface area (Å²) in [6.45, 7) is 8.07. The minimum atomic E-state index is -0.403. The fraction of sp³-hybridized carbons (Fsp3) is 0.429. The van der Waals surface area contributed by atoms with Gasteiger partial charge in [-0.25, -0.2) is 0 Å². The summed E-state index contributed by atoms with van der Waals surface area (Å²) in [5, 5.41) is 12.5. The van der Waals surface area contributed by atoms with Gasteiger partial charge in [-0.3, -0.25) is 0 Å². The average molecular weight is 288 g/mol. The van der Waals surface area contributed by atoms with E-state index < -0.39 is 7.12 Å². The van der Waals surface area contributed by atoms with Crippen LogP contribution >= 0.6 is 0 Å². The molecule has 0 amide bonds. The zero-order valence-corrected chi connectivity index (χ0v) is 12.5. The van der Waals surface area contributed by atoms with Crippen molar-refractivity contribution in [3.05, 3.63) is 24.3 Å². The molecule has 1 fully saturated rings. The van der Waals surface area contributed by atoms with Crippen LogP contribution in [0.15, 0.2) is 28.8 Å².